The van der Waals surface area contributed by atoms with E-state index < -0.39 is 0 Å². The predicted molar refractivity (Wildman–Crippen MR) is 125 cm³/mol. The van der Waals surface area contributed by atoms with Gasteiger partial charge in [0.05, 0.1) is 12.6 Å². The van der Waals surface area contributed by atoms with Gasteiger partial charge in [0.25, 0.3) is 20.0 Å². The molecule has 0 radical (unpaired) electrons. The van der Waals surface area contributed by atoms with Crippen molar-refractivity contribution in [1.29, 1.82) is 5.26 Å². The van der Waals surface area contributed by atoms with E-state index in [0.717, 1.165) is 19.6 Å². The number of nitrogens with zero attached hydrogens (tertiary/aromatic N) is 9. The number of amides is 2. The van der Waals surface area contributed by atoms with E-state index in [4.69, 9.17) is 30.7 Å². The van der Waals surface area contributed by atoms with Gasteiger partial charge in [-0.15, -0.1) is 0 Å². The summed E-state index contributed by atoms with van der Waals surface area (Å²) >= 11 is 0. The molecule has 3 N–H and O–H groups in total. The normalized spacial score (nSPS) is 13.4. The van der Waals surface area contributed by atoms with E-state index in [1.807, 2.05) is 14.7 Å². The van der Waals surface area contributed by atoms with E-state index in [1.165, 1.54) is 0 Å². The number of nitriles is 1. The number of rotatable bonds is 18. The molecule has 33 heavy (non-hydrogen) atoms. The average Bonchev–Trinajstić information content (AvgIpc) is 3.16. The van der Waals surface area contributed by atoms with Gasteiger partial charge in [-0.3, -0.25) is 19.4 Å². The van der Waals surface area contributed by atoms with Crippen molar-refractivity contribution >= 4 is 6.03 Å². The zero-order valence-corrected chi connectivity index (χ0v) is 19.3. The van der Waals surface area contributed by atoms with Crippen molar-refractivity contribution in [2.45, 2.75) is 0 Å². The lowest BCUT2D eigenvalue weighted by atomic mass is 10.4. The Kier molecular flexibility index (Phi) is 14.9. The van der Waals surface area contributed by atoms with Gasteiger partial charge in [-0.25, -0.2) is 29.4 Å². The van der Waals surface area contributed by atoms with Crippen LogP contribution in [0.5, 0.6) is 0 Å². The van der Waals surface area contributed by atoms with E-state index in [0.29, 0.717) is 65.4 Å². The van der Waals surface area contributed by atoms with Crippen LogP contribution in [0.15, 0.2) is 0 Å². The maximum absolute atomic E-state index is 12.8. The van der Waals surface area contributed by atoms with Crippen LogP contribution in [-0.4, -0.2) is 136 Å². The number of hydrogen-bond donors (Lipinski definition) is 2. The molecule has 1 fully saturated rings. The smallest absolute Gasteiger partial charge is 0.320 e. The lowest BCUT2D eigenvalue weighted by molar-refractivity contribution is 0.174. The lowest BCUT2D eigenvalue weighted by Crippen LogP contribution is -2.43. The summed E-state index contributed by atoms with van der Waals surface area (Å²) in [6.07, 6.45) is 0. The van der Waals surface area contributed by atoms with Crippen LogP contribution in [0.3, 0.4) is 0 Å². The quantitative estimate of drug-likeness (QED) is 0.160. The average molecular weight is 458 g/mol. The molecule has 0 aliphatic carbocycles. The number of urea groups is 1. The van der Waals surface area contributed by atoms with Crippen molar-refractivity contribution < 1.29 is 4.79 Å². The largest absolute Gasteiger partial charge is 0.329 e. The van der Waals surface area contributed by atoms with Crippen LogP contribution in [0.1, 0.15) is 0 Å². The molecule has 12 heteroatoms. The summed E-state index contributed by atoms with van der Waals surface area (Å²) < 4.78 is 0. The van der Waals surface area contributed by atoms with Crippen LogP contribution >= 0.6 is 0 Å². The Hall–Kier alpha value is -2.97. The summed E-state index contributed by atoms with van der Waals surface area (Å²) in [5.74, 6) is 0. The summed E-state index contributed by atoms with van der Waals surface area (Å²) in [4.78, 5) is 32.5. The number of hydrogen-bond acceptors (Lipinski definition) is 7. The van der Waals surface area contributed by atoms with Crippen molar-refractivity contribution in [2.24, 2.45) is 5.73 Å². The van der Waals surface area contributed by atoms with Crippen LogP contribution in [0.4, 0.5) is 4.79 Å². The minimum absolute atomic E-state index is 0.00991. The van der Waals surface area contributed by atoms with Gasteiger partial charge in [0, 0.05) is 78.5 Å². The highest BCUT2D eigenvalue weighted by Gasteiger charge is 2.28. The minimum Gasteiger partial charge on any atom is -0.329 e. The fourth-order valence-electron chi connectivity index (χ4n) is 3.49. The highest BCUT2D eigenvalue weighted by atomic mass is 16.2. The molecule has 1 rings (SSSR count). The molecule has 180 valence electrons. The summed E-state index contributed by atoms with van der Waals surface area (Å²) in [5.41, 5.74) is 5.70. The second-order valence-corrected chi connectivity index (χ2v) is 7.63. The van der Waals surface area contributed by atoms with Gasteiger partial charge in [-0.05, 0) is 0 Å². The van der Waals surface area contributed by atoms with E-state index in [-0.39, 0.29) is 26.0 Å². The lowest BCUT2D eigenvalue weighted by Gasteiger charge is -2.25. The molecular weight excluding hydrogens is 422 g/mol. The molecule has 0 bridgehead atoms. The highest BCUT2D eigenvalue weighted by molar-refractivity contribution is 5.76. The van der Waals surface area contributed by atoms with Crippen molar-refractivity contribution in [1.82, 2.24) is 29.8 Å². The first-order valence-electron chi connectivity index (χ1n) is 11.1. The van der Waals surface area contributed by atoms with E-state index >= 15 is 0 Å². The maximum atomic E-state index is 12.8. The molecule has 0 atom stereocenters. The Labute approximate surface area is 197 Å². The van der Waals surface area contributed by atoms with Crippen LogP contribution in [-0.2, 0) is 0 Å². The summed E-state index contributed by atoms with van der Waals surface area (Å²) in [6.45, 7) is 29.7. The molecule has 12 nitrogen and oxygen atoms in total. The van der Waals surface area contributed by atoms with E-state index in [1.54, 1.807) is 4.90 Å². The molecule has 0 spiro atoms. The predicted octanol–water partition coefficient (Wildman–Crippen LogP) is -0.668. The molecular formula is C21H35N11O. The van der Waals surface area contributed by atoms with E-state index in [9.17, 15) is 4.79 Å². The molecule has 0 aromatic carbocycles. The highest BCUT2D eigenvalue weighted by Crippen LogP contribution is 2.09. The molecule has 0 aromatic rings. The minimum atomic E-state index is 0.00991. The van der Waals surface area contributed by atoms with Gasteiger partial charge < -0.3 is 20.9 Å². The molecule has 1 aliphatic rings. The number of carbonyl (C=O) groups is 1. The molecule has 1 aliphatic heterocycles. The van der Waals surface area contributed by atoms with Crippen molar-refractivity contribution in [2.75, 3.05) is 105 Å². The number of nitrogens with two attached hydrogens (primary N) is 1. The third kappa shape index (κ3) is 11.5. The molecule has 0 saturated carbocycles. The topological polar surface area (TPSA) is 108 Å². The summed E-state index contributed by atoms with van der Waals surface area (Å²) in [5, 5.41) is 11.7. The van der Waals surface area contributed by atoms with Gasteiger partial charge in [0.2, 0.25) is 0 Å². The monoisotopic (exact) mass is 457 g/mol. The van der Waals surface area contributed by atoms with Gasteiger partial charge >= 0.3 is 6.03 Å². The molecule has 0 unspecified atom stereocenters. The Morgan fingerprint density at radius 2 is 1.42 bits per heavy atom. The summed E-state index contributed by atoms with van der Waals surface area (Å²) in [7, 11) is 0. The van der Waals surface area contributed by atoms with Crippen LogP contribution in [0.2, 0.25) is 0 Å². The van der Waals surface area contributed by atoms with Crippen molar-refractivity contribution in [3.05, 3.63) is 34.3 Å². The zero-order valence-electron chi connectivity index (χ0n) is 19.3. The third-order valence-electron chi connectivity index (χ3n) is 5.35. The fraction of sp³-hybridized carbons (Fsp3) is 0.762. The second kappa shape index (κ2) is 17.6. The van der Waals surface area contributed by atoms with Crippen molar-refractivity contribution in [3.63, 3.8) is 0 Å². The van der Waals surface area contributed by atoms with E-state index in [2.05, 4.69) is 30.8 Å². The molecule has 2 amide bonds. The number of carbonyl (C=O) groups excluding carboxylic acids is 1. The molecule has 0 aromatic heterocycles. The van der Waals surface area contributed by atoms with Gasteiger partial charge in [0.15, 0.2) is 0 Å². The maximum Gasteiger partial charge on any atom is 0.320 e. The molecule has 1 heterocycles. The Bertz CT molecular complexity index is 716. The van der Waals surface area contributed by atoms with Crippen LogP contribution in [0, 0.1) is 31.0 Å². The van der Waals surface area contributed by atoms with Gasteiger partial charge in [0.1, 0.15) is 0 Å². The Balaban J connectivity index is 2.45. The van der Waals surface area contributed by atoms with Crippen LogP contribution < -0.4 is 11.1 Å². The first-order valence-corrected chi connectivity index (χ1v) is 11.1. The second-order valence-electron chi connectivity index (χ2n) is 7.63. The number of nitrogens with one attached hydrogen (secondary N) is 1. The Morgan fingerprint density at radius 1 is 0.879 bits per heavy atom. The standard InChI is InChI=1S/C21H35N11O/c1-24-18-29(10-11-30(19-25-2)20-26-3)13-15-32-17-16-31(21(32)33)14-12-28(8-5-23)9-7-27-6-4-22/h27H,5-20,23H2. The fourth-order valence-corrected chi connectivity index (χ4v) is 3.49. The van der Waals surface area contributed by atoms with Crippen molar-refractivity contribution in [3.8, 4) is 6.07 Å². The van der Waals surface area contributed by atoms with Gasteiger partial charge in [-0.2, -0.15) is 10.2 Å². The molecule has 1 saturated heterocycles. The van der Waals surface area contributed by atoms with Crippen LogP contribution in [0.25, 0.3) is 14.5 Å². The Morgan fingerprint density at radius 3 is 1.97 bits per heavy atom. The SMILES string of the molecule is [C-]#[N+]CN(CCN(C[N+]#[C-])C[N+]#[C-])CCN1CCN(CCN(CCN)CCNCC#N)C1=O. The van der Waals surface area contributed by atoms with Gasteiger partial charge in [-0.1, -0.05) is 0 Å². The first kappa shape index (κ1) is 28.1. The first-order chi connectivity index (χ1) is 16.1. The zero-order chi connectivity index (χ0) is 24.3. The summed E-state index contributed by atoms with van der Waals surface area (Å²) in [6, 6.07) is 2.06. The third-order valence-corrected chi connectivity index (χ3v) is 5.35.